The molecule has 1 N–H and O–H groups in total. The van der Waals surface area contributed by atoms with Crippen molar-refractivity contribution in [1.82, 2.24) is 15.2 Å². The van der Waals surface area contributed by atoms with Gasteiger partial charge in [-0.05, 0) is 48.9 Å². The number of halogens is 2. The van der Waals surface area contributed by atoms with Crippen LogP contribution in [0.15, 0.2) is 54.6 Å². The van der Waals surface area contributed by atoms with E-state index in [0.717, 1.165) is 36.8 Å². The van der Waals surface area contributed by atoms with E-state index in [2.05, 4.69) is 15.2 Å². The van der Waals surface area contributed by atoms with Crippen LogP contribution in [-0.2, 0) is 12.2 Å². The monoisotopic (exact) mass is 463 g/mol. The zero-order valence-corrected chi connectivity index (χ0v) is 19.4. The molecule has 0 spiro atoms. The van der Waals surface area contributed by atoms with Crippen molar-refractivity contribution >= 4 is 16.8 Å². The Balaban J connectivity index is 1.36. The molecule has 6 heteroatoms. The maximum absolute atomic E-state index is 15.6. The summed E-state index contributed by atoms with van der Waals surface area (Å²) in [4.78, 5) is 19.6. The van der Waals surface area contributed by atoms with Crippen LogP contribution >= 0.6 is 0 Å². The first-order valence-electron chi connectivity index (χ1n) is 12.4. The number of nitrogens with zero attached hydrogens (tertiary/aromatic N) is 2. The van der Waals surface area contributed by atoms with Crippen molar-refractivity contribution in [2.75, 3.05) is 13.1 Å². The Kier molecular flexibility index (Phi) is 6.59. The summed E-state index contributed by atoms with van der Waals surface area (Å²) in [5, 5.41) is 3.80. The molecule has 1 saturated carbocycles. The summed E-state index contributed by atoms with van der Waals surface area (Å²) in [6.45, 7) is 1.71. The first-order chi connectivity index (χ1) is 16.5. The minimum absolute atomic E-state index is 0.153. The number of carbonyl (C=O) groups excluding carboxylic acids is 1. The number of rotatable bonds is 5. The van der Waals surface area contributed by atoms with Crippen LogP contribution < -0.4 is 5.32 Å². The number of aromatic nitrogens is 1. The topological polar surface area (TPSA) is 45.2 Å². The first kappa shape index (κ1) is 22.9. The molecule has 2 aliphatic rings. The third-order valence-electron chi connectivity index (χ3n) is 7.38. The lowest BCUT2D eigenvalue weighted by molar-refractivity contribution is 0.0527. The highest BCUT2D eigenvalue weighted by atomic mass is 19.1. The Morgan fingerprint density at radius 3 is 2.50 bits per heavy atom. The van der Waals surface area contributed by atoms with E-state index in [0.29, 0.717) is 37.9 Å². The third kappa shape index (κ3) is 4.83. The number of nitrogens with one attached hydrogen (secondary N) is 1. The fourth-order valence-corrected chi connectivity index (χ4v) is 5.37. The molecule has 1 saturated heterocycles. The number of benzene rings is 2. The normalized spacial score (nSPS) is 19.2. The van der Waals surface area contributed by atoms with Crippen molar-refractivity contribution in [3.05, 3.63) is 77.2 Å². The zero-order chi connectivity index (χ0) is 23.5. The van der Waals surface area contributed by atoms with Gasteiger partial charge >= 0.3 is 0 Å². The van der Waals surface area contributed by atoms with Gasteiger partial charge in [0.05, 0.1) is 0 Å². The molecule has 1 amide bonds. The average Bonchev–Trinajstić information content (AvgIpc) is 2.87. The van der Waals surface area contributed by atoms with Crippen LogP contribution in [-0.4, -0.2) is 34.9 Å². The number of pyridine rings is 1. The smallest absolute Gasteiger partial charge is 0.270 e. The Hall–Kier alpha value is -2.86. The zero-order valence-electron chi connectivity index (χ0n) is 19.4. The molecular weight excluding hydrogens is 432 g/mol. The summed E-state index contributed by atoms with van der Waals surface area (Å²) >= 11 is 0. The van der Waals surface area contributed by atoms with Gasteiger partial charge < -0.3 is 5.32 Å². The number of hydrogen-bond acceptors (Lipinski definition) is 3. The minimum Gasteiger partial charge on any atom is -0.348 e. The van der Waals surface area contributed by atoms with Crippen LogP contribution in [0.25, 0.3) is 10.9 Å². The summed E-state index contributed by atoms with van der Waals surface area (Å²) in [6, 6.07) is 16.2. The van der Waals surface area contributed by atoms with Crippen molar-refractivity contribution in [2.24, 2.45) is 0 Å². The maximum atomic E-state index is 15.6. The Morgan fingerprint density at radius 1 is 1.03 bits per heavy atom. The van der Waals surface area contributed by atoms with E-state index >= 15 is 4.39 Å². The highest BCUT2D eigenvalue weighted by molar-refractivity contribution is 5.96. The molecule has 3 aromatic rings. The molecule has 178 valence electrons. The Morgan fingerprint density at radius 2 is 1.76 bits per heavy atom. The van der Waals surface area contributed by atoms with Crippen LogP contribution in [0.2, 0.25) is 0 Å². The Labute approximate surface area is 199 Å². The van der Waals surface area contributed by atoms with Gasteiger partial charge in [0.2, 0.25) is 0 Å². The van der Waals surface area contributed by atoms with Gasteiger partial charge in [-0.2, -0.15) is 0 Å². The van der Waals surface area contributed by atoms with Gasteiger partial charge in [0.25, 0.3) is 5.91 Å². The van der Waals surface area contributed by atoms with E-state index in [1.807, 2.05) is 36.4 Å². The number of amides is 1. The highest BCUT2D eigenvalue weighted by Gasteiger charge is 2.36. The number of piperidine rings is 1. The SMILES string of the molecule is O=C(NC1CCCCC1)c1cc(CN2CCC(F)(c3ccccc3)CC2)c2cccc(F)c2n1. The Bertz CT molecular complexity index is 1150. The van der Waals surface area contributed by atoms with Gasteiger partial charge in [0.1, 0.15) is 22.7 Å². The fraction of sp³-hybridized carbons (Fsp3) is 0.429. The summed E-state index contributed by atoms with van der Waals surface area (Å²) in [5.41, 5.74) is 0.723. The minimum atomic E-state index is -1.32. The standard InChI is InChI=1S/C28H31F2N3O/c29-24-13-7-12-23-20(18-25(32-26(23)24)27(34)31-22-10-5-2-6-11-22)19-33-16-14-28(30,15-17-33)21-8-3-1-4-9-21/h1,3-4,7-9,12-13,18,22H,2,5-6,10-11,14-17,19H2,(H,31,34). The molecule has 1 aliphatic heterocycles. The molecule has 0 atom stereocenters. The van der Waals surface area contributed by atoms with Gasteiger partial charge in [0, 0.05) is 31.1 Å². The van der Waals surface area contributed by atoms with Gasteiger partial charge in [0.15, 0.2) is 0 Å². The van der Waals surface area contributed by atoms with E-state index in [1.54, 1.807) is 12.1 Å². The highest BCUT2D eigenvalue weighted by Crippen LogP contribution is 2.37. The molecule has 34 heavy (non-hydrogen) atoms. The third-order valence-corrected chi connectivity index (χ3v) is 7.38. The number of alkyl halides is 1. The predicted octanol–water partition coefficient (Wildman–Crippen LogP) is 5.90. The van der Waals surface area contributed by atoms with Crippen LogP contribution in [0.4, 0.5) is 8.78 Å². The molecule has 2 fully saturated rings. The molecule has 2 aromatic carbocycles. The van der Waals surface area contributed by atoms with Crippen molar-refractivity contribution in [1.29, 1.82) is 0 Å². The number of likely N-dealkylation sites (tertiary alicyclic amines) is 1. The second-order valence-corrected chi connectivity index (χ2v) is 9.72. The quantitative estimate of drug-likeness (QED) is 0.513. The molecule has 1 aliphatic carbocycles. The van der Waals surface area contributed by atoms with Crippen molar-refractivity contribution in [3.63, 3.8) is 0 Å². The lowest BCUT2D eigenvalue weighted by atomic mass is 9.86. The van der Waals surface area contributed by atoms with Crippen LogP contribution in [0.5, 0.6) is 0 Å². The number of para-hydroxylation sites is 1. The van der Waals surface area contributed by atoms with Crippen LogP contribution in [0.3, 0.4) is 0 Å². The molecule has 1 aromatic heterocycles. The predicted molar refractivity (Wildman–Crippen MR) is 130 cm³/mol. The molecule has 0 unspecified atom stereocenters. The second kappa shape index (κ2) is 9.79. The summed E-state index contributed by atoms with van der Waals surface area (Å²) in [6.07, 6.45) is 6.19. The molecule has 2 heterocycles. The van der Waals surface area contributed by atoms with Gasteiger partial charge in [-0.3, -0.25) is 9.69 Å². The van der Waals surface area contributed by atoms with Gasteiger partial charge in [-0.1, -0.05) is 61.7 Å². The van der Waals surface area contributed by atoms with Crippen LogP contribution in [0.1, 0.15) is 66.6 Å². The fourth-order valence-electron chi connectivity index (χ4n) is 5.37. The molecular formula is C28H31F2N3O. The van der Waals surface area contributed by atoms with E-state index in [-0.39, 0.29) is 23.2 Å². The van der Waals surface area contributed by atoms with Gasteiger partial charge in [-0.25, -0.2) is 13.8 Å². The molecule has 0 radical (unpaired) electrons. The summed E-state index contributed by atoms with van der Waals surface area (Å²) in [7, 11) is 0. The lowest BCUT2D eigenvalue weighted by Gasteiger charge is -2.37. The van der Waals surface area contributed by atoms with Crippen molar-refractivity contribution in [2.45, 2.75) is 63.2 Å². The average molecular weight is 464 g/mol. The largest absolute Gasteiger partial charge is 0.348 e. The number of fused-ring (bicyclic) bond motifs is 1. The van der Waals surface area contributed by atoms with E-state index in [4.69, 9.17) is 0 Å². The van der Waals surface area contributed by atoms with E-state index in [9.17, 15) is 9.18 Å². The van der Waals surface area contributed by atoms with Crippen LogP contribution in [0, 0.1) is 5.82 Å². The van der Waals surface area contributed by atoms with Crippen molar-refractivity contribution in [3.8, 4) is 0 Å². The van der Waals surface area contributed by atoms with E-state index < -0.39 is 11.5 Å². The first-order valence-corrected chi connectivity index (χ1v) is 12.4. The molecule has 5 rings (SSSR count). The van der Waals surface area contributed by atoms with Gasteiger partial charge in [-0.15, -0.1) is 0 Å². The number of carbonyl (C=O) groups is 1. The molecule has 0 bridgehead atoms. The summed E-state index contributed by atoms with van der Waals surface area (Å²) in [5.74, 6) is -0.680. The lowest BCUT2D eigenvalue weighted by Crippen LogP contribution is -2.40. The second-order valence-electron chi connectivity index (χ2n) is 9.72. The molecule has 4 nitrogen and oxygen atoms in total. The number of hydrogen-bond donors (Lipinski definition) is 1. The van der Waals surface area contributed by atoms with Crippen molar-refractivity contribution < 1.29 is 13.6 Å². The maximum Gasteiger partial charge on any atom is 0.270 e. The van der Waals surface area contributed by atoms with E-state index in [1.165, 1.54) is 12.5 Å². The summed E-state index contributed by atoms with van der Waals surface area (Å²) < 4.78 is 30.3.